The number of hydrogen-bond acceptors (Lipinski definition) is 7. The molecule has 280 valence electrons. The minimum atomic E-state index is -0.115. The van der Waals surface area contributed by atoms with E-state index in [4.69, 9.17) is 14.4 Å². The standard InChI is InChI=1S/C44H54N4O3S2/c1-3-5-7-9-11-13-15-17-19-21-23-29-27-33-41(52-29)45-39-37-35-31(43(49)47(33)39)25-26-32-36(35)38(51-37)40-46-42-34(48(40)44(32)50)28-30(53-42)24-22-20-18-16-14-12-10-8-6-4-2/h25-28H,3-24H2,1-2H3. The van der Waals surface area contributed by atoms with Gasteiger partial charge in [0.15, 0.2) is 22.5 Å². The van der Waals surface area contributed by atoms with Gasteiger partial charge in [-0.25, -0.2) is 9.97 Å². The van der Waals surface area contributed by atoms with Crippen LogP contribution in [0.25, 0.3) is 64.7 Å². The number of imidazole rings is 2. The summed E-state index contributed by atoms with van der Waals surface area (Å²) in [5.74, 6) is 0. The molecule has 1 aromatic carbocycles. The number of furan rings is 1. The number of aromatic nitrogens is 4. The van der Waals surface area contributed by atoms with Gasteiger partial charge in [-0.1, -0.05) is 129 Å². The fraction of sp³-hybridized carbons (Fsp3) is 0.545. The van der Waals surface area contributed by atoms with Gasteiger partial charge in [-0.15, -0.1) is 22.7 Å². The molecule has 7 nitrogen and oxygen atoms in total. The molecule has 9 heteroatoms. The van der Waals surface area contributed by atoms with Crippen LogP contribution in [0.3, 0.4) is 0 Å². The predicted octanol–water partition coefficient (Wildman–Crippen LogP) is 13.0. The van der Waals surface area contributed by atoms with Gasteiger partial charge in [0.1, 0.15) is 9.66 Å². The molecular weight excluding hydrogens is 697 g/mol. The lowest BCUT2D eigenvalue weighted by Crippen LogP contribution is -2.15. The summed E-state index contributed by atoms with van der Waals surface area (Å²) >= 11 is 3.36. The van der Waals surface area contributed by atoms with Gasteiger partial charge in [0.05, 0.1) is 21.8 Å². The Kier molecular flexibility index (Phi) is 11.3. The van der Waals surface area contributed by atoms with Crippen molar-refractivity contribution in [1.29, 1.82) is 0 Å². The van der Waals surface area contributed by atoms with E-state index in [1.165, 1.54) is 125 Å². The topological polar surface area (TPSA) is 81.9 Å². The Balaban J connectivity index is 1.00. The van der Waals surface area contributed by atoms with E-state index < -0.39 is 0 Å². The van der Waals surface area contributed by atoms with Crippen LogP contribution in [0, 0.1) is 0 Å². The first-order valence-electron chi connectivity index (χ1n) is 20.8. The van der Waals surface area contributed by atoms with Gasteiger partial charge in [-0.3, -0.25) is 18.4 Å². The minimum Gasteiger partial charge on any atom is -0.448 e. The van der Waals surface area contributed by atoms with Crippen LogP contribution in [-0.2, 0) is 12.8 Å². The molecule has 0 aliphatic carbocycles. The van der Waals surface area contributed by atoms with Crippen molar-refractivity contribution in [3.63, 3.8) is 0 Å². The Bertz CT molecular complexity index is 2390. The highest BCUT2D eigenvalue weighted by atomic mass is 32.1. The maximum absolute atomic E-state index is 14.1. The summed E-state index contributed by atoms with van der Waals surface area (Å²) in [7, 11) is 0. The van der Waals surface area contributed by atoms with Gasteiger partial charge in [-0.2, -0.15) is 0 Å². The molecule has 0 spiro atoms. The van der Waals surface area contributed by atoms with Crippen molar-refractivity contribution in [3.8, 4) is 0 Å². The molecule has 0 unspecified atom stereocenters. The van der Waals surface area contributed by atoms with Crippen LogP contribution in [0.4, 0.5) is 0 Å². The Hall–Kier alpha value is -3.56. The molecule has 0 atom stereocenters. The van der Waals surface area contributed by atoms with Crippen molar-refractivity contribution in [1.82, 2.24) is 18.8 Å². The maximum atomic E-state index is 14.1. The lowest BCUT2D eigenvalue weighted by Gasteiger charge is -2.03. The van der Waals surface area contributed by atoms with Crippen LogP contribution in [-0.4, -0.2) is 18.8 Å². The van der Waals surface area contributed by atoms with E-state index in [1.54, 1.807) is 43.6 Å². The van der Waals surface area contributed by atoms with Crippen molar-refractivity contribution in [2.75, 3.05) is 0 Å². The molecule has 7 heterocycles. The summed E-state index contributed by atoms with van der Waals surface area (Å²) in [4.78, 5) is 42.4. The predicted molar refractivity (Wildman–Crippen MR) is 225 cm³/mol. The molecule has 0 radical (unpaired) electrons. The normalized spacial score (nSPS) is 12.6. The average Bonchev–Trinajstić information content (AvgIpc) is 3.97. The molecule has 7 aromatic heterocycles. The van der Waals surface area contributed by atoms with E-state index in [9.17, 15) is 9.59 Å². The first kappa shape index (κ1) is 36.4. The number of unbranched alkanes of at least 4 members (excludes halogenated alkanes) is 18. The van der Waals surface area contributed by atoms with Crippen LogP contribution in [0.5, 0.6) is 0 Å². The summed E-state index contributed by atoms with van der Waals surface area (Å²) < 4.78 is 10.1. The highest BCUT2D eigenvalue weighted by Crippen LogP contribution is 2.41. The van der Waals surface area contributed by atoms with Gasteiger partial charge in [0, 0.05) is 20.5 Å². The van der Waals surface area contributed by atoms with E-state index in [1.807, 2.05) is 0 Å². The molecule has 0 aliphatic rings. The van der Waals surface area contributed by atoms with Crippen molar-refractivity contribution in [2.45, 2.75) is 155 Å². The largest absolute Gasteiger partial charge is 0.448 e. The molecule has 0 fully saturated rings. The third-order valence-corrected chi connectivity index (χ3v) is 13.7. The molecule has 8 aromatic rings. The summed E-state index contributed by atoms with van der Waals surface area (Å²) in [5, 5.41) is 2.48. The number of pyridine rings is 2. The van der Waals surface area contributed by atoms with Gasteiger partial charge in [0.2, 0.25) is 0 Å². The zero-order valence-electron chi connectivity index (χ0n) is 31.7. The fourth-order valence-corrected chi connectivity index (χ4v) is 10.7. The van der Waals surface area contributed by atoms with E-state index in [0.29, 0.717) is 44.0 Å². The summed E-state index contributed by atoms with van der Waals surface area (Å²) in [6.45, 7) is 4.54. The van der Waals surface area contributed by atoms with Crippen molar-refractivity contribution < 1.29 is 4.42 Å². The van der Waals surface area contributed by atoms with Gasteiger partial charge < -0.3 is 4.42 Å². The van der Waals surface area contributed by atoms with Crippen molar-refractivity contribution in [2.24, 2.45) is 0 Å². The summed E-state index contributed by atoms with van der Waals surface area (Å²) in [5.41, 5.74) is 3.63. The second kappa shape index (κ2) is 16.4. The number of aryl methyl sites for hydroxylation is 2. The van der Waals surface area contributed by atoms with E-state index in [0.717, 1.165) is 46.4 Å². The third kappa shape index (κ3) is 7.08. The number of nitrogens with zero attached hydrogens (tertiary/aromatic N) is 4. The van der Waals surface area contributed by atoms with Gasteiger partial charge >= 0.3 is 0 Å². The second-order valence-electron chi connectivity index (χ2n) is 15.5. The molecule has 8 rings (SSSR count). The van der Waals surface area contributed by atoms with Crippen LogP contribution in [0.15, 0.2) is 38.3 Å². The summed E-state index contributed by atoms with van der Waals surface area (Å²) in [6.07, 6.45) is 28.4. The zero-order chi connectivity index (χ0) is 36.3. The van der Waals surface area contributed by atoms with Crippen LogP contribution >= 0.6 is 22.7 Å². The van der Waals surface area contributed by atoms with Crippen LogP contribution in [0.1, 0.15) is 152 Å². The molecule has 0 saturated carbocycles. The van der Waals surface area contributed by atoms with Crippen molar-refractivity contribution >= 4 is 87.4 Å². The zero-order valence-corrected chi connectivity index (χ0v) is 33.3. The Morgan fingerprint density at radius 2 is 0.887 bits per heavy atom. The molecule has 0 N–H and O–H groups in total. The number of fused-ring (bicyclic) bond motifs is 8. The number of hydrogen-bond donors (Lipinski definition) is 0. The van der Waals surface area contributed by atoms with Crippen molar-refractivity contribution in [3.05, 3.63) is 54.7 Å². The highest BCUT2D eigenvalue weighted by molar-refractivity contribution is 7.19. The molecule has 0 saturated heterocycles. The number of rotatable bonds is 22. The Morgan fingerprint density at radius 1 is 0.528 bits per heavy atom. The molecule has 0 bridgehead atoms. The average molecular weight is 751 g/mol. The molecule has 53 heavy (non-hydrogen) atoms. The molecule has 0 amide bonds. The van der Waals surface area contributed by atoms with Crippen LogP contribution in [0.2, 0.25) is 0 Å². The number of thiophene rings is 2. The fourth-order valence-electron chi connectivity index (χ4n) is 8.57. The first-order valence-corrected chi connectivity index (χ1v) is 22.4. The van der Waals surface area contributed by atoms with E-state index >= 15 is 0 Å². The number of benzene rings is 1. The maximum Gasteiger partial charge on any atom is 0.265 e. The Morgan fingerprint density at radius 3 is 1.26 bits per heavy atom. The van der Waals surface area contributed by atoms with E-state index in [-0.39, 0.29) is 11.1 Å². The van der Waals surface area contributed by atoms with Gasteiger partial charge in [0.25, 0.3) is 11.1 Å². The quantitative estimate of drug-likeness (QED) is 0.0509. The van der Waals surface area contributed by atoms with Gasteiger partial charge in [-0.05, 0) is 49.9 Å². The van der Waals surface area contributed by atoms with Crippen LogP contribution < -0.4 is 11.1 Å². The smallest absolute Gasteiger partial charge is 0.265 e. The molecular formula is C44H54N4O3S2. The van der Waals surface area contributed by atoms with E-state index in [2.05, 4.69) is 26.0 Å². The highest BCUT2D eigenvalue weighted by Gasteiger charge is 2.27. The molecule has 0 aliphatic heterocycles. The SMILES string of the molecule is CCCCCCCCCCCCc1cc2c(nc3c4oc5c6c(ccc(c(=O)n23)c46)c(=O)n2c3cc(CCCCCCCCCCCC)sc3nc52)s1. The Labute approximate surface area is 319 Å². The monoisotopic (exact) mass is 750 g/mol. The minimum absolute atomic E-state index is 0.115. The lowest BCUT2D eigenvalue weighted by atomic mass is 10.0. The lowest BCUT2D eigenvalue weighted by molar-refractivity contribution is 0.557. The first-order chi connectivity index (χ1) is 26.1. The summed E-state index contributed by atoms with van der Waals surface area (Å²) in [6, 6.07) is 7.90. The third-order valence-electron chi connectivity index (χ3n) is 11.5. The second-order valence-corrected chi connectivity index (χ2v) is 17.7.